The number of hydrogen-bond acceptors (Lipinski definition) is 10. The summed E-state index contributed by atoms with van der Waals surface area (Å²) >= 11 is 7.63. The lowest BCUT2D eigenvalue weighted by atomic mass is 10.1. The Hall–Kier alpha value is -5.84. The van der Waals surface area contributed by atoms with Crippen LogP contribution in [0.25, 0.3) is 10.9 Å². The summed E-state index contributed by atoms with van der Waals surface area (Å²) in [5.74, 6) is 3.87. The summed E-state index contributed by atoms with van der Waals surface area (Å²) in [4.78, 5) is 35.9. The van der Waals surface area contributed by atoms with Gasteiger partial charge >= 0.3 is 6.03 Å². The maximum Gasteiger partial charge on any atom is 0.315 e. The molecular weight excluding hydrogens is 1160 g/mol. The van der Waals surface area contributed by atoms with Crippen molar-refractivity contribution in [3.63, 3.8) is 0 Å². The number of hydrogen-bond donors (Lipinski definition) is 9. The number of aliphatic hydroxyl groups excluding tert-OH is 1. The Morgan fingerprint density at radius 2 is 1.21 bits per heavy atom. The van der Waals surface area contributed by atoms with E-state index in [1.807, 2.05) is 61.8 Å². The second-order valence-electron chi connectivity index (χ2n) is 21.7. The minimum Gasteiger partial charge on any atom is -0.508 e. The molecule has 0 bridgehead atoms. The van der Waals surface area contributed by atoms with E-state index in [2.05, 4.69) is 236 Å². The van der Waals surface area contributed by atoms with Gasteiger partial charge in [0.25, 0.3) is 0 Å². The fourth-order valence-corrected chi connectivity index (χ4v) is 10.6. The van der Waals surface area contributed by atoms with Gasteiger partial charge in [0.1, 0.15) is 5.75 Å². The van der Waals surface area contributed by atoms with E-state index in [-0.39, 0.29) is 18.5 Å². The Morgan fingerprint density at radius 1 is 0.697 bits per heavy atom. The van der Waals surface area contributed by atoms with Crippen LogP contribution in [0.2, 0.25) is 0 Å². The molecule has 7 aromatic rings. The van der Waals surface area contributed by atoms with Crippen LogP contribution in [0.1, 0.15) is 178 Å². The number of aromatic nitrogens is 3. The fourth-order valence-electron chi connectivity index (χ4n) is 7.85. The van der Waals surface area contributed by atoms with Crippen molar-refractivity contribution in [2.24, 2.45) is 23.3 Å². The molecule has 2 saturated heterocycles. The molecule has 5 aromatic carbocycles. The Labute approximate surface area is 554 Å². The minimum absolute atomic E-state index is 0.0198. The highest BCUT2D eigenvalue weighted by Gasteiger charge is 2.42. The number of thiol groups is 1. The summed E-state index contributed by atoms with van der Waals surface area (Å²) in [7, 11) is 0. The number of H-pyrrole nitrogens is 2. The van der Waals surface area contributed by atoms with Gasteiger partial charge in [-0.2, -0.15) is 24.4 Å². The smallest absolute Gasteiger partial charge is 0.315 e. The Bertz CT molecular complexity index is 2670. The molecule has 3 aliphatic heterocycles. The molecular formula is C74H120N8O4S3. The SMILES string of the molecule is CC(C)C.CCC(C)C.CCCC(N)=O.CCCC1SCC2NC(=O)NC21.CCCCN.CCN1c2ccccc2Sc2ccccc21.CCO.CCS.CCc1c[nH]c2ccccc12.CCc1ccc(O)cc1.CCc1ccccc1.CCc1cnc[nH]1. The molecule has 89 heavy (non-hydrogen) atoms. The number of urea groups is 1. The molecule has 10 N–H and O–H groups in total. The van der Waals surface area contributed by atoms with Crippen LogP contribution in [0.15, 0.2) is 156 Å². The van der Waals surface area contributed by atoms with Crippen LogP contribution in [-0.4, -0.2) is 85.6 Å². The Balaban J connectivity index is 0. The molecule has 2 fully saturated rings. The van der Waals surface area contributed by atoms with Crippen LogP contribution in [0.4, 0.5) is 16.2 Å². The highest BCUT2D eigenvalue weighted by Crippen LogP contribution is 2.47. The lowest BCUT2D eigenvalue weighted by Gasteiger charge is -2.31. The molecule has 3 aliphatic rings. The number of aromatic hydroxyl groups is 1. The average Bonchev–Trinajstić information content (AvgIpc) is 1.67. The number of nitrogens with one attached hydrogen (secondary N) is 4. The van der Waals surface area contributed by atoms with E-state index >= 15 is 0 Å². The number of amides is 3. The normalized spacial score (nSPS) is 13.8. The van der Waals surface area contributed by atoms with Gasteiger partial charge in [-0.1, -0.05) is 213 Å². The van der Waals surface area contributed by atoms with Crippen LogP contribution < -0.4 is 27.0 Å². The first kappa shape index (κ1) is 85.2. The quantitative estimate of drug-likeness (QED) is 0.0422. The van der Waals surface area contributed by atoms with Crippen LogP contribution >= 0.6 is 36.2 Å². The molecule has 3 unspecified atom stereocenters. The van der Waals surface area contributed by atoms with E-state index in [1.54, 1.807) is 25.4 Å². The number of benzene rings is 5. The van der Waals surface area contributed by atoms with Crippen molar-refractivity contribution in [2.45, 2.75) is 209 Å². The van der Waals surface area contributed by atoms with E-state index in [0.29, 0.717) is 29.5 Å². The van der Waals surface area contributed by atoms with Crippen molar-refractivity contribution in [1.82, 2.24) is 25.6 Å². The molecule has 3 atom stereocenters. The summed E-state index contributed by atoms with van der Waals surface area (Å²) in [6.07, 6.45) is 17.4. The van der Waals surface area contributed by atoms with E-state index in [0.717, 1.165) is 68.5 Å². The standard InChI is InChI=1S/C14H13NS.C10H11N.C8H14N2OS.C8H10O.C8H10.C5H8N2.C5H12.C4H9NO.C4H11N.C4H10.C2H6O.C2H6S/c1-2-15-11-7-3-5-9-13(11)16-14-10-6-4-8-12(14)15;1-2-8-7-11-10-6-4-3-5-9(8)10;1-2-3-6-7-5(4-12-6)9-8(11)10-7;1-2-7-3-5-8(9)6-4-7;1-2-8-6-4-3-5-7-8;1-2-5-3-6-4-7-5;1-4-5(2)3;1-2-3-4(5)6;1-2-3-4-5;1-4(2)3;2*1-2-3/h3-10H,2H2,1H3;3-7,11H,2H2,1H3;5-7H,2-4H2,1H3,(H2,9,10,11);3-6,9H,2H2,1H3;3-7H,2H2,1H3;3-4H,2H2,1H3,(H,6,7);5H,4H2,1-3H3;2-3H2,1H3,(H2,5,6);2-5H2,1H3;4H,1-3H3;2*3H,2H2,1H3. The van der Waals surface area contributed by atoms with Crippen molar-refractivity contribution in [2.75, 3.05) is 36.1 Å². The molecule has 2 aromatic heterocycles. The molecule has 5 heterocycles. The highest BCUT2D eigenvalue weighted by atomic mass is 32.2. The van der Waals surface area contributed by atoms with Gasteiger partial charge in [-0.3, -0.25) is 4.79 Å². The van der Waals surface area contributed by atoms with E-state index < -0.39 is 0 Å². The number of nitrogens with zero attached hydrogens (tertiary/aromatic N) is 2. The topological polar surface area (TPSA) is 198 Å². The van der Waals surface area contributed by atoms with Crippen molar-refractivity contribution in [1.29, 1.82) is 0 Å². The first-order valence-corrected chi connectivity index (χ1v) is 35.2. The zero-order chi connectivity index (χ0) is 67.2. The minimum atomic E-state index is -0.211. The van der Waals surface area contributed by atoms with Crippen LogP contribution in [0, 0.1) is 11.8 Å². The Kier molecular flexibility index (Phi) is 53.8. The third-order valence-corrected chi connectivity index (χ3v) is 15.5. The predicted octanol–water partition coefficient (Wildman–Crippen LogP) is 18.8. The van der Waals surface area contributed by atoms with Crippen molar-refractivity contribution >= 4 is 70.4 Å². The van der Waals surface area contributed by atoms with Gasteiger partial charge in [0, 0.05) is 69.4 Å². The highest BCUT2D eigenvalue weighted by molar-refractivity contribution is 8.00. The number of unbranched alkanes of at least 4 members (excludes halogenated alkanes) is 1. The molecule has 3 amide bonds. The van der Waals surface area contributed by atoms with Gasteiger partial charge in [-0.05, 0) is 142 Å². The number of para-hydroxylation sites is 3. The number of carbonyl (C=O) groups is 2. The number of phenols is 1. The van der Waals surface area contributed by atoms with Gasteiger partial charge in [0.05, 0.1) is 29.8 Å². The number of aromatic amines is 2. The van der Waals surface area contributed by atoms with Gasteiger partial charge in [0.2, 0.25) is 5.91 Å². The molecule has 0 aliphatic carbocycles. The molecule has 498 valence electrons. The number of aryl methyl sites for hydroxylation is 4. The van der Waals surface area contributed by atoms with Crippen LogP contribution in [0.3, 0.4) is 0 Å². The summed E-state index contributed by atoms with van der Waals surface area (Å²) in [5.41, 5.74) is 19.1. The van der Waals surface area contributed by atoms with Gasteiger partial charge in [0.15, 0.2) is 0 Å². The number of fused-ring (bicyclic) bond motifs is 4. The fraction of sp³-hybridized carbons (Fsp3) is 0.500. The summed E-state index contributed by atoms with van der Waals surface area (Å²) in [6, 6.07) is 44.1. The average molecular weight is 1280 g/mol. The number of carbonyl (C=O) groups excluding carboxylic acids is 2. The van der Waals surface area contributed by atoms with E-state index in [1.165, 1.54) is 86.6 Å². The second kappa shape index (κ2) is 56.2. The number of primary amides is 1. The summed E-state index contributed by atoms with van der Waals surface area (Å²) in [5, 5.41) is 24.3. The first-order chi connectivity index (χ1) is 42.8. The molecule has 0 spiro atoms. The second-order valence-corrected chi connectivity index (χ2v) is 24.7. The van der Waals surface area contributed by atoms with E-state index in [4.69, 9.17) is 21.7 Å². The van der Waals surface area contributed by atoms with Crippen molar-refractivity contribution in [3.05, 3.63) is 168 Å². The van der Waals surface area contributed by atoms with Crippen LogP contribution in [0.5, 0.6) is 5.75 Å². The van der Waals surface area contributed by atoms with Crippen LogP contribution in [-0.2, 0) is 30.5 Å². The maximum atomic E-state index is 11.0. The molecule has 15 heteroatoms. The van der Waals surface area contributed by atoms with Gasteiger partial charge < -0.3 is 47.2 Å². The summed E-state index contributed by atoms with van der Waals surface area (Å²) < 4.78 is 0. The van der Waals surface area contributed by atoms with Crippen molar-refractivity contribution < 1.29 is 19.8 Å². The Morgan fingerprint density at radius 3 is 1.61 bits per heavy atom. The number of phenolic OH excluding ortho intramolecular Hbond substituents is 1. The van der Waals surface area contributed by atoms with Gasteiger partial charge in [-0.25, -0.2) is 9.78 Å². The maximum absolute atomic E-state index is 11.0. The first-order valence-electron chi connectivity index (χ1n) is 32.7. The lowest BCUT2D eigenvalue weighted by Crippen LogP contribution is -2.36. The third-order valence-electron chi connectivity index (χ3n) is 12.8. The molecule has 0 saturated carbocycles. The van der Waals surface area contributed by atoms with Gasteiger partial charge in [-0.15, -0.1) is 0 Å². The molecule has 12 nitrogen and oxygen atoms in total. The predicted molar refractivity (Wildman–Crippen MR) is 395 cm³/mol. The zero-order valence-electron chi connectivity index (χ0n) is 57.6. The number of nitrogens with two attached hydrogens (primary N) is 2. The zero-order valence-corrected chi connectivity index (χ0v) is 60.1. The van der Waals surface area contributed by atoms with Crippen molar-refractivity contribution in [3.8, 4) is 5.75 Å². The number of imidazole rings is 1. The number of aliphatic hydroxyl groups is 1. The number of thioether (sulfide) groups is 1. The lowest BCUT2D eigenvalue weighted by molar-refractivity contribution is -0.118. The number of rotatable bonds is 12. The largest absolute Gasteiger partial charge is 0.508 e. The molecule has 10 rings (SSSR count). The summed E-state index contributed by atoms with van der Waals surface area (Å²) in [6.45, 7) is 35.9. The number of anilines is 2. The van der Waals surface area contributed by atoms with E-state index in [9.17, 15) is 9.59 Å². The monoisotopic (exact) mass is 1280 g/mol. The molecule has 0 radical (unpaired) electrons. The third kappa shape index (κ3) is 40.5.